The second kappa shape index (κ2) is 7.92. The molecule has 8 heteroatoms. The number of carbonyl (C=O) groups is 1. The fourth-order valence-electron chi connectivity index (χ4n) is 3.22. The van der Waals surface area contributed by atoms with Gasteiger partial charge in [0.25, 0.3) is 11.6 Å². The van der Waals surface area contributed by atoms with E-state index in [0.29, 0.717) is 16.4 Å². The first kappa shape index (κ1) is 19.5. The van der Waals surface area contributed by atoms with Crippen LogP contribution in [0.25, 0.3) is 16.9 Å². The van der Waals surface area contributed by atoms with Crippen molar-refractivity contribution in [2.75, 3.05) is 5.32 Å². The molecule has 30 heavy (non-hydrogen) atoms. The molecule has 0 saturated carbocycles. The molecule has 0 fully saturated rings. The van der Waals surface area contributed by atoms with Gasteiger partial charge in [-0.3, -0.25) is 20.2 Å². The molecule has 0 aliphatic rings. The molecule has 150 valence electrons. The standard InChI is InChI=1S/C22H18N4O3S/c1-14-3-4-15(2)25(14)18-9-7-17(8-10-18)21(27)24-22-23-20(13-30-22)16-5-11-19(12-6-16)26(28)29/h3-13H,1-2H3,(H,23,24,27). The lowest BCUT2D eigenvalue weighted by Gasteiger charge is -2.10. The van der Waals surface area contributed by atoms with Crippen LogP contribution in [-0.4, -0.2) is 20.4 Å². The summed E-state index contributed by atoms with van der Waals surface area (Å²) in [5.74, 6) is -0.243. The third kappa shape index (κ3) is 3.85. The summed E-state index contributed by atoms with van der Waals surface area (Å²) in [7, 11) is 0. The molecule has 4 rings (SSSR count). The molecule has 0 unspecified atom stereocenters. The van der Waals surface area contributed by atoms with Crippen LogP contribution in [0, 0.1) is 24.0 Å². The highest BCUT2D eigenvalue weighted by Crippen LogP contribution is 2.27. The average molecular weight is 418 g/mol. The van der Waals surface area contributed by atoms with Crippen LogP contribution in [0.3, 0.4) is 0 Å². The fraction of sp³-hybridized carbons (Fsp3) is 0.0909. The number of aromatic nitrogens is 2. The number of hydrogen-bond acceptors (Lipinski definition) is 5. The Bertz CT molecular complexity index is 1200. The van der Waals surface area contributed by atoms with E-state index in [9.17, 15) is 14.9 Å². The number of nitrogens with zero attached hydrogens (tertiary/aromatic N) is 3. The average Bonchev–Trinajstić information content (AvgIpc) is 3.34. The second-order valence-corrected chi connectivity index (χ2v) is 7.65. The molecule has 7 nitrogen and oxygen atoms in total. The first-order chi connectivity index (χ1) is 14.4. The smallest absolute Gasteiger partial charge is 0.269 e. The van der Waals surface area contributed by atoms with Gasteiger partial charge in [0.15, 0.2) is 5.13 Å². The minimum absolute atomic E-state index is 0.0243. The number of nitro benzene ring substituents is 1. The van der Waals surface area contributed by atoms with Crippen molar-refractivity contribution in [1.29, 1.82) is 0 Å². The summed E-state index contributed by atoms with van der Waals surface area (Å²) in [4.78, 5) is 27.3. The zero-order chi connectivity index (χ0) is 21.3. The number of amides is 1. The molecule has 0 radical (unpaired) electrons. The number of carbonyl (C=O) groups excluding carboxylic acids is 1. The van der Waals surface area contributed by atoms with E-state index < -0.39 is 4.92 Å². The summed E-state index contributed by atoms with van der Waals surface area (Å²) in [6.45, 7) is 4.08. The highest BCUT2D eigenvalue weighted by Gasteiger charge is 2.12. The Morgan fingerprint density at radius 3 is 2.23 bits per heavy atom. The summed E-state index contributed by atoms with van der Waals surface area (Å²) < 4.78 is 2.12. The van der Waals surface area contributed by atoms with E-state index in [1.807, 2.05) is 26.0 Å². The van der Waals surface area contributed by atoms with E-state index >= 15 is 0 Å². The summed E-state index contributed by atoms with van der Waals surface area (Å²) in [5, 5.41) is 15.9. The normalized spacial score (nSPS) is 10.7. The number of nitro groups is 1. The number of non-ortho nitro benzene ring substituents is 1. The predicted octanol–water partition coefficient (Wildman–Crippen LogP) is 5.38. The zero-order valence-electron chi connectivity index (χ0n) is 16.3. The first-order valence-electron chi connectivity index (χ1n) is 9.19. The number of benzene rings is 2. The van der Waals surface area contributed by atoms with Crippen molar-refractivity contribution in [3.8, 4) is 16.9 Å². The summed E-state index contributed by atoms with van der Waals surface area (Å²) >= 11 is 1.30. The third-order valence-corrected chi connectivity index (χ3v) is 5.52. The predicted molar refractivity (Wildman–Crippen MR) is 117 cm³/mol. The van der Waals surface area contributed by atoms with Gasteiger partial charge in [-0.25, -0.2) is 4.98 Å². The number of anilines is 1. The van der Waals surface area contributed by atoms with Crippen LogP contribution in [0.1, 0.15) is 21.7 Å². The number of hydrogen-bond donors (Lipinski definition) is 1. The molecule has 1 N–H and O–H groups in total. The maximum absolute atomic E-state index is 12.6. The quantitative estimate of drug-likeness (QED) is 0.348. The van der Waals surface area contributed by atoms with E-state index in [1.165, 1.54) is 23.5 Å². The van der Waals surface area contributed by atoms with Gasteiger partial charge in [0.2, 0.25) is 0 Å². The van der Waals surface area contributed by atoms with E-state index in [2.05, 4.69) is 27.0 Å². The van der Waals surface area contributed by atoms with Gasteiger partial charge in [0.1, 0.15) is 0 Å². The van der Waals surface area contributed by atoms with Gasteiger partial charge >= 0.3 is 0 Å². The maximum atomic E-state index is 12.6. The lowest BCUT2D eigenvalue weighted by Crippen LogP contribution is -2.11. The SMILES string of the molecule is Cc1ccc(C)n1-c1ccc(C(=O)Nc2nc(-c3ccc([N+](=O)[O-])cc3)cs2)cc1. The molecule has 2 aromatic carbocycles. The molecular weight excluding hydrogens is 400 g/mol. The summed E-state index contributed by atoms with van der Waals surface area (Å²) in [6, 6.07) is 17.7. The van der Waals surface area contributed by atoms with E-state index in [0.717, 1.165) is 22.6 Å². The van der Waals surface area contributed by atoms with Crippen molar-refractivity contribution in [2.45, 2.75) is 13.8 Å². The number of aryl methyl sites for hydroxylation is 2. The van der Waals surface area contributed by atoms with Gasteiger partial charge in [-0.05, 0) is 62.4 Å². The Kier molecular flexibility index (Phi) is 5.16. The monoisotopic (exact) mass is 418 g/mol. The number of rotatable bonds is 5. The number of thiazole rings is 1. The van der Waals surface area contributed by atoms with Crippen molar-refractivity contribution in [3.05, 3.63) is 93.1 Å². The van der Waals surface area contributed by atoms with Gasteiger partial charge in [0, 0.05) is 45.7 Å². The van der Waals surface area contributed by atoms with E-state index in [1.54, 1.807) is 29.6 Å². The first-order valence-corrected chi connectivity index (χ1v) is 10.1. The van der Waals surface area contributed by atoms with Gasteiger partial charge in [-0.2, -0.15) is 0 Å². The van der Waals surface area contributed by atoms with Crippen LogP contribution in [0.4, 0.5) is 10.8 Å². The molecule has 0 spiro atoms. The molecular formula is C22H18N4O3S. The fourth-order valence-corrected chi connectivity index (χ4v) is 3.94. The van der Waals surface area contributed by atoms with Gasteiger partial charge in [-0.1, -0.05) is 0 Å². The molecule has 2 aromatic heterocycles. The molecule has 0 saturated heterocycles. The van der Waals surface area contributed by atoms with Crippen LogP contribution in [-0.2, 0) is 0 Å². The van der Waals surface area contributed by atoms with Crippen LogP contribution >= 0.6 is 11.3 Å². The Morgan fingerprint density at radius 2 is 1.63 bits per heavy atom. The summed E-state index contributed by atoms with van der Waals surface area (Å²) in [5.41, 5.74) is 5.22. The number of nitrogens with one attached hydrogen (secondary N) is 1. The largest absolute Gasteiger partial charge is 0.319 e. The minimum atomic E-state index is -0.444. The lowest BCUT2D eigenvalue weighted by molar-refractivity contribution is -0.384. The topological polar surface area (TPSA) is 90.1 Å². The third-order valence-electron chi connectivity index (χ3n) is 4.76. The Hall–Kier alpha value is -3.78. The highest BCUT2D eigenvalue weighted by atomic mass is 32.1. The summed E-state index contributed by atoms with van der Waals surface area (Å²) in [6.07, 6.45) is 0. The van der Waals surface area contributed by atoms with Crippen molar-refractivity contribution in [3.63, 3.8) is 0 Å². The highest BCUT2D eigenvalue weighted by molar-refractivity contribution is 7.14. The Labute approximate surface area is 176 Å². The molecule has 0 aliphatic carbocycles. The minimum Gasteiger partial charge on any atom is -0.319 e. The van der Waals surface area contributed by atoms with Gasteiger partial charge < -0.3 is 4.57 Å². The van der Waals surface area contributed by atoms with Crippen molar-refractivity contribution >= 4 is 28.1 Å². The Morgan fingerprint density at radius 1 is 1.00 bits per heavy atom. The van der Waals surface area contributed by atoms with Crippen LogP contribution in [0.5, 0.6) is 0 Å². The second-order valence-electron chi connectivity index (χ2n) is 6.79. The molecule has 0 aliphatic heterocycles. The van der Waals surface area contributed by atoms with Gasteiger partial charge in [-0.15, -0.1) is 11.3 Å². The van der Waals surface area contributed by atoms with Crippen LogP contribution in [0.2, 0.25) is 0 Å². The maximum Gasteiger partial charge on any atom is 0.269 e. The van der Waals surface area contributed by atoms with Gasteiger partial charge in [0.05, 0.1) is 10.6 Å². The van der Waals surface area contributed by atoms with Crippen LogP contribution < -0.4 is 5.32 Å². The lowest BCUT2D eigenvalue weighted by atomic mass is 10.1. The Balaban J connectivity index is 1.47. The molecule has 4 aromatic rings. The molecule has 0 bridgehead atoms. The van der Waals surface area contributed by atoms with E-state index in [-0.39, 0.29) is 11.6 Å². The molecule has 1 amide bonds. The van der Waals surface area contributed by atoms with Crippen molar-refractivity contribution in [2.24, 2.45) is 0 Å². The van der Waals surface area contributed by atoms with E-state index in [4.69, 9.17) is 0 Å². The molecule has 2 heterocycles. The molecule has 0 atom stereocenters. The van der Waals surface area contributed by atoms with Crippen molar-refractivity contribution < 1.29 is 9.72 Å². The van der Waals surface area contributed by atoms with Crippen molar-refractivity contribution in [1.82, 2.24) is 9.55 Å². The van der Waals surface area contributed by atoms with Crippen LogP contribution in [0.15, 0.2) is 66.0 Å². The zero-order valence-corrected chi connectivity index (χ0v) is 17.1.